The molecule has 1 aromatic carbocycles. The molecule has 2 amide bonds. The van der Waals surface area contributed by atoms with Gasteiger partial charge in [-0.05, 0) is 24.8 Å². The summed E-state index contributed by atoms with van der Waals surface area (Å²) in [5.41, 5.74) is 1.16. The third-order valence-electron chi connectivity index (χ3n) is 5.13. The standard InChI is InChI=1S/C20H26N2O4/c23-18(21-17-8-4-5-9-17)14-26-20(25)16-12-19(24)22(13-16)11-10-15-6-2-1-3-7-15/h1-3,6-7,16-17H,4-5,8-14H2,(H,21,23)/t16-/m0/s1. The monoisotopic (exact) mass is 358 g/mol. The quantitative estimate of drug-likeness (QED) is 0.753. The van der Waals surface area contributed by atoms with E-state index in [0.29, 0.717) is 13.1 Å². The summed E-state index contributed by atoms with van der Waals surface area (Å²) in [6, 6.07) is 10.2. The molecule has 1 aromatic rings. The molecule has 1 atom stereocenters. The Labute approximate surface area is 153 Å². The molecular weight excluding hydrogens is 332 g/mol. The fourth-order valence-electron chi connectivity index (χ4n) is 3.65. The summed E-state index contributed by atoms with van der Waals surface area (Å²) in [6.07, 6.45) is 5.18. The first kappa shape index (κ1) is 18.4. The van der Waals surface area contributed by atoms with Gasteiger partial charge in [-0.1, -0.05) is 43.2 Å². The second-order valence-corrected chi connectivity index (χ2v) is 7.13. The Balaban J connectivity index is 1.39. The van der Waals surface area contributed by atoms with Crippen LogP contribution < -0.4 is 5.32 Å². The highest BCUT2D eigenvalue weighted by molar-refractivity contribution is 5.88. The Bertz CT molecular complexity index is 640. The zero-order valence-electron chi connectivity index (χ0n) is 15.0. The van der Waals surface area contributed by atoms with Crippen LogP contribution in [-0.2, 0) is 25.5 Å². The molecule has 2 fully saturated rings. The van der Waals surface area contributed by atoms with Gasteiger partial charge in [0.1, 0.15) is 0 Å². The molecule has 1 saturated heterocycles. The molecule has 1 aliphatic carbocycles. The van der Waals surface area contributed by atoms with E-state index in [9.17, 15) is 14.4 Å². The Morgan fingerprint density at radius 1 is 1.15 bits per heavy atom. The number of hydrogen-bond donors (Lipinski definition) is 1. The fraction of sp³-hybridized carbons (Fsp3) is 0.550. The van der Waals surface area contributed by atoms with Crippen molar-refractivity contribution in [3.63, 3.8) is 0 Å². The van der Waals surface area contributed by atoms with Crippen molar-refractivity contribution in [2.24, 2.45) is 5.92 Å². The lowest BCUT2D eigenvalue weighted by atomic mass is 10.1. The molecule has 1 saturated carbocycles. The van der Waals surface area contributed by atoms with Gasteiger partial charge in [-0.2, -0.15) is 0 Å². The van der Waals surface area contributed by atoms with Gasteiger partial charge < -0.3 is 15.0 Å². The first-order valence-corrected chi connectivity index (χ1v) is 9.39. The number of amides is 2. The average molecular weight is 358 g/mol. The summed E-state index contributed by atoms with van der Waals surface area (Å²) in [5.74, 6) is -1.21. The SMILES string of the molecule is O=C(COC(=O)[C@H]1CC(=O)N(CCc2ccccc2)C1)NC1CCCC1. The zero-order valence-corrected chi connectivity index (χ0v) is 15.0. The highest BCUT2D eigenvalue weighted by atomic mass is 16.5. The van der Waals surface area contributed by atoms with Crippen LogP contribution in [0.1, 0.15) is 37.7 Å². The van der Waals surface area contributed by atoms with Crippen molar-refractivity contribution in [1.29, 1.82) is 0 Å². The molecule has 1 heterocycles. The summed E-state index contributed by atoms with van der Waals surface area (Å²) in [4.78, 5) is 37.8. The van der Waals surface area contributed by atoms with E-state index in [4.69, 9.17) is 4.74 Å². The third-order valence-corrected chi connectivity index (χ3v) is 5.13. The molecule has 0 radical (unpaired) electrons. The lowest BCUT2D eigenvalue weighted by Gasteiger charge is -2.16. The number of benzene rings is 1. The van der Waals surface area contributed by atoms with Crippen LogP contribution in [0.15, 0.2) is 30.3 Å². The van der Waals surface area contributed by atoms with E-state index in [2.05, 4.69) is 5.32 Å². The average Bonchev–Trinajstić information content (AvgIpc) is 3.28. The number of nitrogens with one attached hydrogen (secondary N) is 1. The predicted octanol–water partition coefficient (Wildman–Crippen LogP) is 1.68. The van der Waals surface area contributed by atoms with E-state index in [0.717, 1.165) is 37.7 Å². The van der Waals surface area contributed by atoms with E-state index in [1.807, 2.05) is 30.3 Å². The van der Waals surface area contributed by atoms with Gasteiger partial charge in [0.05, 0.1) is 5.92 Å². The Kier molecular flexibility index (Phi) is 6.26. The molecule has 0 unspecified atom stereocenters. The van der Waals surface area contributed by atoms with Crippen molar-refractivity contribution in [2.75, 3.05) is 19.7 Å². The van der Waals surface area contributed by atoms with Gasteiger partial charge in [-0.3, -0.25) is 14.4 Å². The molecular formula is C20H26N2O4. The van der Waals surface area contributed by atoms with Crippen LogP contribution in [0, 0.1) is 5.92 Å². The number of likely N-dealkylation sites (tertiary alicyclic amines) is 1. The van der Waals surface area contributed by atoms with Crippen LogP contribution >= 0.6 is 0 Å². The predicted molar refractivity (Wildman–Crippen MR) is 96.2 cm³/mol. The van der Waals surface area contributed by atoms with Crippen LogP contribution in [0.4, 0.5) is 0 Å². The largest absolute Gasteiger partial charge is 0.455 e. The number of nitrogens with zero attached hydrogens (tertiary/aromatic N) is 1. The summed E-state index contributed by atoms with van der Waals surface area (Å²) < 4.78 is 5.13. The maximum atomic E-state index is 12.2. The summed E-state index contributed by atoms with van der Waals surface area (Å²) >= 11 is 0. The zero-order chi connectivity index (χ0) is 18.4. The molecule has 6 nitrogen and oxygen atoms in total. The Morgan fingerprint density at radius 3 is 2.62 bits per heavy atom. The van der Waals surface area contributed by atoms with Crippen molar-refractivity contribution >= 4 is 17.8 Å². The van der Waals surface area contributed by atoms with E-state index < -0.39 is 11.9 Å². The molecule has 1 aliphatic heterocycles. The van der Waals surface area contributed by atoms with E-state index in [1.165, 1.54) is 0 Å². The molecule has 0 bridgehead atoms. The van der Waals surface area contributed by atoms with Gasteiger partial charge in [0, 0.05) is 25.6 Å². The molecule has 6 heteroatoms. The minimum Gasteiger partial charge on any atom is -0.455 e. The number of hydrogen-bond acceptors (Lipinski definition) is 4. The van der Waals surface area contributed by atoms with Gasteiger partial charge in [0.2, 0.25) is 5.91 Å². The van der Waals surface area contributed by atoms with Crippen molar-refractivity contribution in [3.05, 3.63) is 35.9 Å². The number of carbonyl (C=O) groups excluding carboxylic acids is 3. The van der Waals surface area contributed by atoms with E-state index in [1.54, 1.807) is 4.90 Å². The van der Waals surface area contributed by atoms with Crippen molar-refractivity contribution in [2.45, 2.75) is 44.6 Å². The molecule has 140 valence electrons. The molecule has 3 rings (SSSR count). The summed E-state index contributed by atoms with van der Waals surface area (Å²) in [5, 5.41) is 2.89. The van der Waals surface area contributed by atoms with Gasteiger partial charge in [-0.15, -0.1) is 0 Å². The molecule has 2 aliphatic rings. The maximum absolute atomic E-state index is 12.2. The first-order valence-electron chi connectivity index (χ1n) is 9.39. The Hall–Kier alpha value is -2.37. The summed E-state index contributed by atoms with van der Waals surface area (Å²) in [6.45, 7) is 0.702. The number of esters is 1. The third kappa shape index (κ3) is 5.07. The van der Waals surface area contributed by atoms with Crippen LogP contribution in [0.25, 0.3) is 0 Å². The first-order chi connectivity index (χ1) is 12.6. The number of carbonyl (C=O) groups is 3. The van der Waals surface area contributed by atoms with Crippen LogP contribution in [-0.4, -0.2) is 48.4 Å². The minimum atomic E-state index is -0.474. The summed E-state index contributed by atoms with van der Waals surface area (Å²) in [7, 11) is 0. The lowest BCUT2D eigenvalue weighted by Crippen LogP contribution is -2.36. The highest BCUT2D eigenvalue weighted by Gasteiger charge is 2.35. The van der Waals surface area contributed by atoms with Crippen molar-refractivity contribution in [3.8, 4) is 0 Å². The van der Waals surface area contributed by atoms with Crippen LogP contribution in [0.2, 0.25) is 0 Å². The van der Waals surface area contributed by atoms with Gasteiger partial charge in [-0.25, -0.2) is 0 Å². The smallest absolute Gasteiger partial charge is 0.311 e. The van der Waals surface area contributed by atoms with Gasteiger partial charge >= 0.3 is 5.97 Å². The highest BCUT2D eigenvalue weighted by Crippen LogP contribution is 2.20. The normalized spacial score (nSPS) is 20.4. The maximum Gasteiger partial charge on any atom is 0.311 e. The van der Waals surface area contributed by atoms with Gasteiger partial charge in [0.15, 0.2) is 6.61 Å². The van der Waals surface area contributed by atoms with Gasteiger partial charge in [0.25, 0.3) is 5.91 Å². The van der Waals surface area contributed by atoms with E-state index in [-0.39, 0.29) is 30.9 Å². The minimum absolute atomic E-state index is 0.0294. The fourth-order valence-corrected chi connectivity index (χ4v) is 3.65. The Morgan fingerprint density at radius 2 is 1.88 bits per heavy atom. The van der Waals surface area contributed by atoms with Crippen molar-refractivity contribution in [1.82, 2.24) is 10.2 Å². The molecule has 0 spiro atoms. The van der Waals surface area contributed by atoms with E-state index >= 15 is 0 Å². The second-order valence-electron chi connectivity index (χ2n) is 7.13. The molecule has 1 N–H and O–H groups in total. The van der Waals surface area contributed by atoms with Crippen LogP contribution in [0.3, 0.4) is 0 Å². The van der Waals surface area contributed by atoms with Crippen molar-refractivity contribution < 1.29 is 19.1 Å². The lowest BCUT2D eigenvalue weighted by molar-refractivity contribution is -0.152. The number of rotatable bonds is 7. The second kappa shape index (κ2) is 8.83. The molecule has 26 heavy (non-hydrogen) atoms. The molecule has 0 aromatic heterocycles. The van der Waals surface area contributed by atoms with Crippen LogP contribution in [0.5, 0.6) is 0 Å². The topological polar surface area (TPSA) is 75.7 Å². The number of ether oxygens (including phenoxy) is 1.